The normalized spacial score (nSPS) is 13.6. The molecule has 30 heavy (non-hydrogen) atoms. The van der Waals surface area contributed by atoms with Gasteiger partial charge in [0, 0.05) is 23.8 Å². The highest BCUT2D eigenvalue weighted by molar-refractivity contribution is 7.94. The molecule has 2 amide bonds. The Morgan fingerprint density at radius 3 is 2.67 bits per heavy atom. The fourth-order valence-electron chi connectivity index (χ4n) is 3.35. The Morgan fingerprint density at radius 2 is 1.93 bits per heavy atom. The van der Waals surface area contributed by atoms with Gasteiger partial charge >= 0.3 is 6.03 Å². The number of halogens is 1. The lowest BCUT2D eigenvalue weighted by molar-refractivity contribution is 0.251. The summed E-state index contributed by atoms with van der Waals surface area (Å²) in [5, 5.41) is 7.96. The molecule has 1 aliphatic heterocycles. The van der Waals surface area contributed by atoms with Crippen molar-refractivity contribution in [3.8, 4) is 0 Å². The molecule has 0 radical (unpaired) electrons. The number of fused-ring (bicyclic) bond motifs is 1. The summed E-state index contributed by atoms with van der Waals surface area (Å²) in [7, 11) is -3.61. The Labute approximate surface area is 184 Å². The highest BCUT2D eigenvalue weighted by Gasteiger charge is 2.30. The first-order chi connectivity index (χ1) is 14.4. The molecule has 0 spiro atoms. The molecule has 1 aliphatic rings. The van der Waals surface area contributed by atoms with Crippen molar-refractivity contribution >= 4 is 50.4 Å². The van der Waals surface area contributed by atoms with Crippen LogP contribution in [-0.4, -0.2) is 21.0 Å². The average molecular weight is 462 g/mol. The fraction of sp³-hybridized carbons (Fsp3) is 0.190. The minimum Gasteiger partial charge on any atom is -0.334 e. The van der Waals surface area contributed by atoms with Crippen molar-refractivity contribution in [2.45, 2.75) is 23.6 Å². The standard InChI is InChI=1S/C21H20ClN3O3S2/c22-17-8-5-15(6-9-17)14-23-21(26)24-18-10-7-16-3-1-11-25(19(16)13-18)30(27,28)20-4-2-12-29-20/h2,4-10,12-13H,1,3,11,14H2,(H2,23,24,26). The molecule has 3 aromatic rings. The summed E-state index contributed by atoms with van der Waals surface area (Å²) < 4.78 is 27.9. The highest BCUT2D eigenvalue weighted by atomic mass is 35.5. The number of aryl methyl sites for hydroxylation is 1. The summed E-state index contributed by atoms with van der Waals surface area (Å²) in [5.41, 5.74) is 3.03. The lowest BCUT2D eigenvalue weighted by Gasteiger charge is -2.30. The number of nitrogens with one attached hydrogen (secondary N) is 2. The van der Waals surface area contributed by atoms with E-state index in [4.69, 9.17) is 11.6 Å². The summed E-state index contributed by atoms with van der Waals surface area (Å²) in [6, 6.07) is 15.6. The summed E-state index contributed by atoms with van der Waals surface area (Å²) in [6.07, 6.45) is 1.56. The molecule has 0 fully saturated rings. The third-order valence-corrected chi connectivity index (χ3v) is 8.26. The van der Waals surface area contributed by atoms with Crippen molar-refractivity contribution in [1.82, 2.24) is 5.32 Å². The lowest BCUT2D eigenvalue weighted by Crippen LogP contribution is -2.35. The quantitative estimate of drug-likeness (QED) is 0.569. The predicted molar refractivity (Wildman–Crippen MR) is 121 cm³/mol. The molecule has 0 aliphatic carbocycles. The number of sulfonamides is 1. The van der Waals surface area contributed by atoms with Crippen LogP contribution in [0.25, 0.3) is 0 Å². The van der Waals surface area contributed by atoms with Crippen molar-refractivity contribution < 1.29 is 13.2 Å². The van der Waals surface area contributed by atoms with Gasteiger partial charge in [0.05, 0.1) is 5.69 Å². The Balaban J connectivity index is 1.50. The largest absolute Gasteiger partial charge is 0.334 e. The van der Waals surface area contributed by atoms with E-state index in [0.29, 0.717) is 33.7 Å². The van der Waals surface area contributed by atoms with Crippen LogP contribution in [0.2, 0.25) is 5.02 Å². The van der Waals surface area contributed by atoms with Crippen LogP contribution in [0.1, 0.15) is 17.5 Å². The number of benzene rings is 2. The first-order valence-electron chi connectivity index (χ1n) is 9.42. The lowest BCUT2D eigenvalue weighted by atomic mass is 10.0. The molecule has 9 heteroatoms. The smallest absolute Gasteiger partial charge is 0.319 e. The monoisotopic (exact) mass is 461 g/mol. The van der Waals surface area contributed by atoms with Gasteiger partial charge in [0.1, 0.15) is 4.21 Å². The van der Waals surface area contributed by atoms with Crippen LogP contribution in [0.3, 0.4) is 0 Å². The summed E-state index contributed by atoms with van der Waals surface area (Å²) >= 11 is 7.07. The number of anilines is 2. The van der Waals surface area contributed by atoms with Crippen LogP contribution in [0, 0.1) is 0 Å². The Hall–Kier alpha value is -2.55. The minimum absolute atomic E-state index is 0.314. The average Bonchev–Trinajstić information content (AvgIpc) is 3.29. The van der Waals surface area contributed by atoms with Gasteiger partial charge < -0.3 is 10.6 Å². The number of urea groups is 1. The number of hydrogen-bond acceptors (Lipinski definition) is 4. The maximum atomic E-state index is 13.1. The molecule has 6 nitrogen and oxygen atoms in total. The molecule has 0 unspecified atom stereocenters. The molecule has 0 saturated carbocycles. The van der Waals surface area contributed by atoms with Gasteiger partial charge in [0.15, 0.2) is 0 Å². The van der Waals surface area contributed by atoms with Crippen molar-refractivity contribution in [1.29, 1.82) is 0 Å². The molecule has 0 saturated heterocycles. The van der Waals surface area contributed by atoms with Gasteiger partial charge in [-0.2, -0.15) is 0 Å². The van der Waals surface area contributed by atoms with Crippen molar-refractivity contribution in [2.24, 2.45) is 0 Å². The van der Waals surface area contributed by atoms with Gasteiger partial charge in [0.2, 0.25) is 0 Å². The van der Waals surface area contributed by atoms with Crippen LogP contribution < -0.4 is 14.9 Å². The molecule has 4 rings (SSSR count). The van der Waals surface area contributed by atoms with Gasteiger partial charge in [-0.1, -0.05) is 35.9 Å². The van der Waals surface area contributed by atoms with E-state index in [2.05, 4.69) is 10.6 Å². The number of carbonyl (C=O) groups is 1. The topological polar surface area (TPSA) is 78.5 Å². The van der Waals surface area contributed by atoms with Gasteiger partial charge in [-0.3, -0.25) is 4.31 Å². The zero-order chi connectivity index (χ0) is 21.1. The second-order valence-corrected chi connectivity index (χ2v) is 10.4. The van der Waals surface area contributed by atoms with Crippen LogP contribution in [0.5, 0.6) is 0 Å². The molecule has 1 aromatic heterocycles. The Bertz CT molecular complexity index is 1150. The number of nitrogens with zero attached hydrogens (tertiary/aromatic N) is 1. The molecule has 156 valence electrons. The van der Waals surface area contributed by atoms with E-state index in [9.17, 15) is 13.2 Å². The van der Waals surface area contributed by atoms with E-state index in [1.54, 1.807) is 41.8 Å². The molecule has 0 bridgehead atoms. The second-order valence-electron chi connectivity index (χ2n) is 6.89. The molecule has 0 atom stereocenters. The molecular formula is C21H20ClN3O3S2. The maximum Gasteiger partial charge on any atom is 0.319 e. The summed E-state index contributed by atoms with van der Waals surface area (Å²) in [6.45, 7) is 0.770. The summed E-state index contributed by atoms with van der Waals surface area (Å²) in [5.74, 6) is 0. The zero-order valence-electron chi connectivity index (χ0n) is 16.0. The van der Waals surface area contributed by atoms with Crippen LogP contribution in [0.4, 0.5) is 16.2 Å². The Morgan fingerprint density at radius 1 is 1.13 bits per heavy atom. The first kappa shape index (κ1) is 20.7. The zero-order valence-corrected chi connectivity index (χ0v) is 18.4. The van der Waals surface area contributed by atoms with E-state index in [1.165, 1.54) is 15.6 Å². The molecule has 2 N–H and O–H groups in total. The van der Waals surface area contributed by atoms with Crippen molar-refractivity contribution in [3.63, 3.8) is 0 Å². The predicted octanol–water partition coefficient (Wildman–Crippen LogP) is 4.86. The van der Waals surface area contributed by atoms with Crippen LogP contribution in [0.15, 0.2) is 64.2 Å². The van der Waals surface area contributed by atoms with E-state index >= 15 is 0 Å². The van der Waals surface area contributed by atoms with Gasteiger partial charge in [0.25, 0.3) is 10.0 Å². The van der Waals surface area contributed by atoms with Gasteiger partial charge in [-0.25, -0.2) is 13.2 Å². The fourth-order valence-corrected chi connectivity index (χ4v) is 6.11. The number of hydrogen-bond donors (Lipinski definition) is 2. The van der Waals surface area contributed by atoms with E-state index in [1.807, 2.05) is 18.2 Å². The highest BCUT2D eigenvalue weighted by Crippen LogP contribution is 2.35. The molecule has 2 heterocycles. The van der Waals surface area contributed by atoms with E-state index in [0.717, 1.165) is 24.0 Å². The van der Waals surface area contributed by atoms with E-state index in [-0.39, 0.29) is 6.03 Å². The van der Waals surface area contributed by atoms with Gasteiger partial charge in [-0.05, 0) is 59.7 Å². The number of carbonyl (C=O) groups excluding carboxylic acids is 1. The van der Waals surface area contributed by atoms with E-state index < -0.39 is 10.0 Å². The third kappa shape index (κ3) is 4.45. The molecule has 2 aromatic carbocycles. The third-order valence-electron chi connectivity index (χ3n) is 4.82. The van der Waals surface area contributed by atoms with Crippen LogP contribution in [-0.2, 0) is 23.0 Å². The Kier molecular flexibility index (Phi) is 5.99. The minimum atomic E-state index is -3.61. The SMILES string of the molecule is O=C(NCc1ccc(Cl)cc1)Nc1ccc2c(c1)N(S(=O)(=O)c1cccs1)CCC2. The van der Waals surface area contributed by atoms with Crippen molar-refractivity contribution in [3.05, 3.63) is 76.1 Å². The summed E-state index contributed by atoms with van der Waals surface area (Å²) in [4.78, 5) is 12.3. The maximum absolute atomic E-state index is 13.1. The second kappa shape index (κ2) is 8.67. The van der Waals surface area contributed by atoms with Crippen LogP contribution >= 0.6 is 22.9 Å². The number of amides is 2. The molecular weight excluding hydrogens is 442 g/mol. The van der Waals surface area contributed by atoms with Gasteiger partial charge in [-0.15, -0.1) is 11.3 Å². The first-order valence-corrected chi connectivity index (χ1v) is 12.1. The number of thiophene rings is 1. The number of rotatable bonds is 5. The van der Waals surface area contributed by atoms with Crippen molar-refractivity contribution in [2.75, 3.05) is 16.2 Å².